The van der Waals surface area contributed by atoms with Crippen molar-refractivity contribution in [3.05, 3.63) is 29.3 Å². The number of ether oxygens (including phenoxy) is 3. The van der Waals surface area contributed by atoms with E-state index in [-0.39, 0.29) is 12.3 Å². The monoisotopic (exact) mass is 391 g/mol. The van der Waals surface area contributed by atoms with Crippen LogP contribution in [0.5, 0.6) is 11.5 Å². The van der Waals surface area contributed by atoms with Crippen LogP contribution in [0, 0.1) is 0 Å². The number of hydrogen-bond acceptors (Lipinski definition) is 7. The third-order valence-electron chi connectivity index (χ3n) is 4.38. The highest BCUT2D eigenvalue weighted by molar-refractivity contribution is 7.13. The molecule has 0 saturated carbocycles. The van der Waals surface area contributed by atoms with Gasteiger partial charge < -0.3 is 19.5 Å². The molecule has 1 N–H and O–H groups in total. The maximum atomic E-state index is 12.2. The van der Waals surface area contributed by atoms with Gasteiger partial charge in [0.1, 0.15) is 5.01 Å². The van der Waals surface area contributed by atoms with Gasteiger partial charge in [-0.3, -0.25) is 9.69 Å². The van der Waals surface area contributed by atoms with E-state index in [1.165, 1.54) is 11.3 Å². The van der Waals surface area contributed by atoms with Crippen LogP contribution >= 0.6 is 11.3 Å². The predicted molar refractivity (Wildman–Crippen MR) is 105 cm³/mol. The van der Waals surface area contributed by atoms with Crippen molar-refractivity contribution in [3.8, 4) is 22.1 Å². The van der Waals surface area contributed by atoms with Crippen LogP contribution < -0.4 is 14.8 Å². The van der Waals surface area contributed by atoms with Crippen molar-refractivity contribution in [2.45, 2.75) is 6.42 Å². The van der Waals surface area contributed by atoms with Crippen LogP contribution in [0.3, 0.4) is 0 Å². The van der Waals surface area contributed by atoms with Gasteiger partial charge in [0, 0.05) is 37.1 Å². The highest BCUT2D eigenvalue weighted by Crippen LogP contribution is 2.33. The van der Waals surface area contributed by atoms with Gasteiger partial charge in [0.15, 0.2) is 11.5 Å². The van der Waals surface area contributed by atoms with Gasteiger partial charge in [-0.05, 0) is 18.2 Å². The fourth-order valence-corrected chi connectivity index (χ4v) is 3.71. The molecule has 0 bridgehead atoms. The Labute approximate surface area is 163 Å². The van der Waals surface area contributed by atoms with Crippen molar-refractivity contribution >= 4 is 17.2 Å². The van der Waals surface area contributed by atoms with E-state index in [9.17, 15) is 4.79 Å². The normalized spacial score (nSPS) is 14.7. The summed E-state index contributed by atoms with van der Waals surface area (Å²) in [7, 11) is 3.22. The molecule has 7 nitrogen and oxygen atoms in total. The molecule has 1 saturated heterocycles. The zero-order valence-corrected chi connectivity index (χ0v) is 16.5. The van der Waals surface area contributed by atoms with Crippen LogP contribution in [0.15, 0.2) is 23.6 Å². The number of nitrogens with one attached hydrogen (secondary N) is 1. The molecule has 2 heterocycles. The van der Waals surface area contributed by atoms with Crippen LogP contribution in [-0.4, -0.2) is 69.4 Å². The lowest BCUT2D eigenvalue weighted by Crippen LogP contribution is -2.41. The molecule has 0 spiro atoms. The Hall–Kier alpha value is -2.16. The van der Waals surface area contributed by atoms with E-state index < -0.39 is 0 Å². The van der Waals surface area contributed by atoms with Crippen LogP contribution in [0.1, 0.15) is 5.69 Å². The van der Waals surface area contributed by atoms with E-state index in [1.807, 2.05) is 23.6 Å². The summed E-state index contributed by atoms with van der Waals surface area (Å²) < 4.78 is 15.9. The second-order valence-electron chi connectivity index (χ2n) is 6.19. The lowest BCUT2D eigenvalue weighted by atomic mass is 10.2. The van der Waals surface area contributed by atoms with Gasteiger partial charge in [-0.2, -0.15) is 0 Å². The fraction of sp³-hybridized carbons (Fsp3) is 0.474. The van der Waals surface area contributed by atoms with Gasteiger partial charge in [-0.15, -0.1) is 11.3 Å². The Kier molecular flexibility index (Phi) is 7.03. The Bertz CT molecular complexity index is 759. The molecule has 3 rings (SSSR count). The highest BCUT2D eigenvalue weighted by atomic mass is 32.1. The average molecular weight is 391 g/mol. The smallest absolute Gasteiger partial charge is 0.226 e. The molecular weight excluding hydrogens is 366 g/mol. The van der Waals surface area contributed by atoms with Gasteiger partial charge in [0.25, 0.3) is 0 Å². The molecule has 0 radical (unpaired) electrons. The Morgan fingerprint density at radius 2 is 2.04 bits per heavy atom. The highest BCUT2D eigenvalue weighted by Gasteiger charge is 2.13. The molecular formula is C19H25N3O4S. The summed E-state index contributed by atoms with van der Waals surface area (Å²) in [5.41, 5.74) is 1.71. The minimum atomic E-state index is -0.00702. The molecule has 0 aliphatic carbocycles. The van der Waals surface area contributed by atoms with Gasteiger partial charge in [-0.25, -0.2) is 4.98 Å². The zero-order chi connectivity index (χ0) is 19.1. The Balaban J connectivity index is 1.52. The summed E-state index contributed by atoms with van der Waals surface area (Å²) in [5, 5.41) is 5.75. The number of thiazole rings is 1. The van der Waals surface area contributed by atoms with E-state index in [2.05, 4.69) is 15.2 Å². The summed E-state index contributed by atoms with van der Waals surface area (Å²) in [6.07, 6.45) is 0.285. The second-order valence-corrected chi connectivity index (χ2v) is 7.05. The average Bonchev–Trinajstić information content (AvgIpc) is 3.16. The lowest BCUT2D eigenvalue weighted by Gasteiger charge is -2.26. The first-order valence-corrected chi connectivity index (χ1v) is 9.81. The number of hydrogen-bond donors (Lipinski definition) is 1. The summed E-state index contributed by atoms with van der Waals surface area (Å²) in [6, 6.07) is 5.68. The molecule has 0 atom stereocenters. The molecule has 146 valence electrons. The topological polar surface area (TPSA) is 72.9 Å². The quantitative estimate of drug-likeness (QED) is 0.740. The second kappa shape index (κ2) is 9.68. The van der Waals surface area contributed by atoms with Crippen molar-refractivity contribution in [2.75, 3.05) is 53.6 Å². The number of rotatable bonds is 8. The standard InChI is InChI=1S/C19H25N3O4S/c1-24-16-4-3-14(11-17(16)25-2)19-21-15(13-27-19)12-18(23)20-5-6-22-7-9-26-10-8-22/h3-4,11,13H,5-10,12H2,1-2H3,(H,20,23). The molecule has 1 aromatic carbocycles. The lowest BCUT2D eigenvalue weighted by molar-refractivity contribution is -0.120. The van der Waals surface area contributed by atoms with E-state index in [0.717, 1.165) is 49.1 Å². The summed E-state index contributed by atoms with van der Waals surface area (Å²) >= 11 is 1.51. The van der Waals surface area contributed by atoms with E-state index in [1.54, 1.807) is 14.2 Å². The van der Waals surface area contributed by atoms with Crippen molar-refractivity contribution in [3.63, 3.8) is 0 Å². The SMILES string of the molecule is COc1ccc(-c2nc(CC(=O)NCCN3CCOCC3)cs2)cc1OC. The molecule has 0 unspecified atom stereocenters. The Morgan fingerprint density at radius 1 is 1.26 bits per heavy atom. The maximum absolute atomic E-state index is 12.2. The van der Waals surface area contributed by atoms with Gasteiger partial charge in [-0.1, -0.05) is 0 Å². The number of amides is 1. The number of methoxy groups -OCH3 is 2. The molecule has 1 aromatic heterocycles. The molecule has 8 heteroatoms. The van der Waals surface area contributed by atoms with Crippen molar-refractivity contribution in [2.24, 2.45) is 0 Å². The number of carbonyl (C=O) groups excluding carboxylic acids is 1. The molecule has 27 heavy (non-hydrogen) atoms. The molecule has 1 amide bonds. The third kappa shape index (κ3) is 5.41. The number of nitrogens with zero attached hydrogens (tertiary/aromatic N) is 2. The Morgan fingerprint density at radius 3 is 2.78 bits per heavy atom. The largest absolute Gasteiger partial charge is 0.493 e. The first-order valence-electron chi connectivity index (χ1n) is 8.93. The van der Waals surface area contributed by atoms with Crippen LogP contribution in [0.2, 0.25) is 0 Å². The van der Waals surface area contributed by atoms with Gasteiger partial charge >= 0.3 is 0 Å². The van der Waals surface area contributed by atoms with E-state index in [4.69, 9.17) is 14.2 Å². The molecule has 2 aromatic rings. The van der Waals surface area contributed by atoms with E-state index >= 15 is 0 Å². The minimum absolute atomic E-state index is 0.00702. The van der Waals surface area contributed by atoms with Gasteiger partial charge in [0.2, 0.25) is 5.91 Å². The van der Waals surface area contributed by atoms with Crippen molar-refractivity contribution < 1.29 is 19.0 Å². The third-order valence-corrected chi connectivity index (χ3v) is 5.32. The molecule has 1 aliphatic rings. The maximum Gasteiger partial charge on any atom is 0.226 e. The number of morpholine rings is 1. The van der Waals surface area contributed by atoms with Crippen LogP contribution in [0.25, 0.3) is 10.6 Å². The van der Waals surface area contributed by atoms with Crippen molar-refractivity contribution in [1.82, 2.24) is 15.2 Å². The summed E-state index contributed by atoms with van der Waals surface area (Å²) in [4.78, 5) is 19.0. The summed E-state index contributed by atoms with van der Waals surface area (Å²) in [5.74, 6) is 1.33. The van der Waals surface area contributed by atoms with Crippen LogP contribution in [-0.2, 0) is 16.0 Å². The zero-order valence-electron chi connectivity index (χ0n) is 15.7. The minimum Gasteiger partial charge on any atom is -0.493 e. The first kappa shape index (κ1) is 19.6. The van der Waals surface area contributed by atoms with Crippen LogP contribution in [0.4, 0.5) is 0 Å². The number of carbonyl (C=O) groups is 1. The molecule has 1 aliphatic heterocycles. The fourth-order valence-electron chi connectivity index (χ4n) is 2.90. The predicted octanol–water partition coefficient (Wildman–Crippen LogP) is 1.82. The number of benzene rings is 1. The molecule has 1 fully saturated rings. The summed E-state index contributed by atoms with van der Waals surface area (Å²) in [6.45, 7) is 4.89. The van der Waals surface area contributed by atoms with E-state index in [0.29, 0.717) is 18.0 Å². The van der Waals surface area contributed by atoms with Gasteiger partial charge in [0.05, 0.1) is 39.5 Å². The first-order chi connectivity index (χ1) is 13.2. The number of aromatic nitrogens is 1. The van der Waals surface area contributed by atoms with Crippen molar-refractivity contribution in [1.29, 1.82) is 0 Å².